The Hall–Kier alpha value is -3.81. The molecule has 29 nitrogen and oxygen atoms in total. The number of methoxy groups -OCH3 is 1. The Kier molecular flexibility index (Phi) is 18.5. The van der Waals surface area contributed by atoms with Crippen molar-refractivity contribution in [2.75, 3.05) is 46.8 Å². The first-order valence-electron chi connectivity index (χ1n) is 22.4. The van der Waals surface area contributed by atoms with E-state index in [4.69, 9.17) is 56.8 Å². The lowest BCUT2D eigenvalue weighted by atomic mass is 9.97. The van der Waals surface area contributed by atoms with Crippen LogP contribution in [-0.4, -0.2) is 269 Å². The summed E-state index contributed by atoms with van der Waals surface area (Å²) in [5.41, 5.74) is -2.79. The fraction of sp³-hybridized carbons (Fsp3) is 0.698. The molecule has 5 aliphatic heterocycles. The number of hydrogen-bond donors (Lipinski definition) is 16. The molecule has 0 aromatic heterocycles. The van der Waals surface area contributed by atoms with Gasteiger partial charge in [-0.3, -0.25) is 0 Å². The summed E-state index contributed by atoms with van der Waals surface area (Å²) < 4.78 is 68.4. The number of benzene rings is 2. The van der Waals surface area contributed by atoms with E-state index in [1.807, 2.05) is 0 Å². The van der Waals surface area contributed by atoms with Gasteiger partial charge >= 0.3 is 5.97 Å². The van der Waals surface area contributed by atoms with E-state index in [2.05, 4.69) is 0 Å². The Labute approximate surface area is 407 Å². The van der Waals surface area contributed by atoms with Crippen LogP contribution in [-0.2, 0) is 44.5 Å². The molecule has 0 amide bonds. The van der Waals surface area contributed by atoms with Gasteiger partial charge in [-0.15, -0.1) is 0 Å². The number of para-hydroxylation sites is 1. The molecule has 29 heteroatoms. The smallest absolute Gasteiger partial charge is 0.346 e. The van der Waals surface area contributed by atoms with Crippen LogP contribution in [0.5, 0.6) is 23.0 Å². The molecule has 0 bridgehead atoms. The predicted molar refractivity (Wildman–Crippen MR) is 225 cm³/mol. The summed E-state index contributed by atoms with van der Waals surface area (Å²) in [7, 11) is 1.12. The van der Waals surface area contributed by atoms with E-state index in [1.54, 1.807) is 0 Å². The van der Waals surface area contributed by atoms with E-state index in [-0.39, 0.29) is 17.1 Å². The second kappa shape index (κ2) is 23.8. The van der Waals surface area contributed by atoms with Crippen LogP contribution in [0.3, 0.4) is 0 Å². The van der Waals surface area contributed by atoms with Crippen LogP contribution < -0.4 is 18.9 Å². The maximum atomic E-state index is 14.5. The van der Waals surface area contributed by atoms with Gasteiger partial charge in [0.1, 0.15) is 121 Å². The van der Waals surface area contributed by atoms with Crippen LogP contribution in [0.2, 0.25) is 0 Å². The van der Waals surface area contributed by atoms with Crippen molar-refractivity contribution in [3.63, 3.8) is 0 Å². The highest BCUT2D eigenvalue weighted by molar-refractivity contribution is 5.96. The molecule has 0 spiro atoms. The molecular weight excluding hydrogens is 980 g/mol. The third-order valence-electron chi connectivity index (χ3n) is 12.7. The van der Waals surface area contributed by atoms with Crippen LogP contribution in [0, 0.1) is 0 Å². The first-order chi connectivity index (χ1) is 34.3. The Morgan fingerprint density at radius 1 is 0.583 bits per heavy atom. The molecule has 406 valence electrons. The summed E-state index contributed by atoms with van der Waals surface area (Å²) in [6.07, 6.45) is -38.6. The monoisotopic (exact) mass is 1040 g/mol. The maximum Gasteiger partial charge on any atom is 0.346 e. The van der Waals surface area contributed by atoms with E-state index < -0.39 is 204 Å². The van der Waals surface area contributed by atoms with Crippen molar-refractivity contribution >= 4 is 5.97 Å². The summed E-state index contributed by atoms with van der Waals surface area (Å²) >= 11 is 0. The van der Waals surface area contributed by atoms with Crippen molar-refractivity contribution in [2.24, 2.45) is 0 Å². The van der Waals surface area contributed by atoms with E-state index in [1.165, 1.54) is 24.3 Å². The van der Waals surface area contributed by atoms with Crippen molar-refractivity contribution in [1.29, 1.82) is 0 Å². The fourth-order valence-electron chi connectivity index (χ4n) is 8.33. The highest BCUT2D eigenvalue weighted by atomic mass is 16.8. The van der Waals surface area contributed by atoms with Crippen molar-refractivity contribution in [1.82, 2.24) is 0 Å². The van der Waals surface area contributed by atoms with Gasteiger partial charge in [-0.25, -0.2) is 4.79 Å². The lowest BCUT2D eigenvalue weighted by Crippen LogP contribution is -2.64. The quantitative estimate of drug-likeness (QED) is 0.0617. The van der Waals surface area contributed by atoms with Crippen molar-refractivity contribution < 1.29 is 143 Å². The van der Waals surface area contributed by atoms with Crippen LogP contribution in [0.25, 0.3) is 0 Å². The molecule has 22 atom stereocenters. The van der Waals surface area contributed by atoms with Gasteiger partial charge in [0.15, 0.2) is 30.2 Å². The third-order valence-corrected chi connectivity index (χ3v) is 12.7. The minimum atomic E-state index is -2.21. The van der Waals surface area contributed by atoms with Crippen molar-refractivity contribution in [3.8, 4) is 23.0 Å². The molecule has 5 fully saturated rings. The average Bonchev–Trinajstić information content (AvgIpc) is 3.67. The van der Waals surface area contributed by atoms with Crippen LogP contribution in [0.15, 0.2) is 36.4 Å². The Balaban J connectivity index is 1.25. The molecule has 5 heterocycles. The molecule has 5 aliphatic rings. The zero-order chi connectivity index (χ0) is 52.3. The van der Waals surface area contributed by atoms with E-state index in [9.17, 15) is 86.5 Å². The molecule has 1 unspecified atom stereocenters. The molecule has 7 rings (SSSR count). The zero-order valence-corrected chi connectivity index (χ0v) is 38.0. The number of aliphatic hydroxyl groups is 16. The van der Waals surface area contributed by atoms with E-state index >= 15 is 0 Å². The minimum absolute atomic E-state index is 0.0875. The van der Waals surface area contributed by atoms with Gasteiger partial charge in [0.25, 0.3) is 0 Å². The number of esters is 1. The first kappa shape index (κ1) is 55.9. The summed E-state index contributed by atoms with van der Waals surface area (Å²) in [4.78, 5) is 14.5. The van der Waals surface area contributed by atoms with E-state index in [0.29, 0.717) is 0 Å². The molecule has 72 heavy (non-hydrogen) atoms. The summed E-state index contributed by atoms with van der Waals surface area (Å²) in [6, 6.07) is 8.01. The number of rotatable bonds is 18. The highest BCUT2D eigenvalue weighted by Crippen LogP contribution is 2.43. The number of carbonyl (C=O) groups excluding carboxylic acids is 1. The van der Waals surface area contributed by atoms with Gasteiger partial charge in [-0.05, 0) is 18.2 Å². The first-order valence-corrected chi connectivity index (χ1v) is 22.4. The van der Waals surface area contributed by atoms with Gasteiger partial charge in [0, 0.05) is 5.56 Å². The molecule has 16 N–H and O–H groups in total. The predicted octanol–water partition coefficient (Wildman–Crippen LogP) is -8.48. The van der Waals surface area contributed by atoms with Gasteiger partial charge in [0.05, 0.1) is 46.8 Å². The largest absolute Gasteiger partial charge is 0.496 e. The summed E-state index contributed by atoms with van der Waals surface area (Å²) in [5.74, 6) is -3.12. The van der Waals surface area contributed by atoms with E-state index in [0.717, 1.165) is 19.2 Å². The average molecular weight is 1040 g/mol. The lowest BCUT2D eigenvalue weighted by molar-refractivity contribution is -0.345. The number of hydrogen-bond acceptors (Lipinski definition) is 29. The molecule has 0 saturated carbocycles. The maximum absolute atomic E-state index is 14.5. The zero-order valence-electron chi connectivity index (χ0n) is 38.0. The Bertz CT molecular complexity index is 2080. The van der Waals surface area contributed by atoms with Crippen LogP contribution in [0.1, 0.15) is 15.9 Å². The SMILES string of the molecule is COc1ccc(O[C@@H]2O[C@H](CO)[C@@H](O)[C@H](OC3OC[C@](O)(CO)[C@H]3O)[C@H]2O)c(O[C@@H]2O[C@H](CO)[C@@H](O)[C@H](O)[C@H]2O[C@@H]2OC[C@H](O)[C@H](O)[C@H]2O)c1C(=O)OCc1ccccc1O[C@@H]1O[C@H](CO)[C@@H](O)[C@H](O)[C@H]1O. The molecular formula is C43H60O29. The normalized spacial score (nSPS) is 41.4. The van der Waals surface area contributed by atoms with Crippen molar-refractivity contribution in [2.45, 2.75) is 141 Å². The Morgan fingerprint density at radius 2 is 1.15 bits per heavy atom. The standard InChI is InChI=1S/C43H60O29/c1-61-18-6-7-19(66-40-32(57)34(27(52)22(10-46)68-40)71-42-36(58)43(60,13-47)14-64-42)33(70-41-35(29(54)26(51)21(9-45)69-41)72-38-30(55)24(49)16(48)12-63-38)23(18)37(59)62-11-15-4-2-3-5-17(15)65-39-31(56)28(53)25(50)20(8-44)67-39/h2-7,16,20-22,24-32,34-36,38-42,44-58,60H,8-14H2,1H3/t16-,20+,21+,22+,24-,25+,26+,27+,28-,29-,30+,31+,32+,34-,35+,36-,38-,39+,40+,41-,42?,43+/m0/s1. The number of aliphatic hydroxyl groups excluding tert-OH is 15. The second-order valence-corrected chi connectivity index (χ2v) is 17.5. The third kappa shape index (κ3) is 11.4. The summed E-state index contributed by atoms with van der Waals surface area (Å²) in [5, 5.41) is 168. The van der Waals surface area contributed by atoms with Crippen molar-refractivity contribution in [3.05, 3.63) is 47.5 Å². The van der Waals surface area contributed by atoms with Crippen LogP contribution in [0.4, 0.5) is 0 Å². The van der Waals surface area contributed by atoms with Crippen LogP contribution >= 0.6 is 0 Å². The minimum Gasteiger partial charge on any atom is -0.496 e. The topological polar surface area (TPSA) is 452 Å². The number of carbonyl (C=O) groups is 1. The highest BCUT2D eigenvalue weighted by Gasteiger charge is 2.55. The summed E-state index contributed by atoms with van der Waals surface area (Å²) in [6.45, 7) is -5.56. The Morgan fingerprint density at radius 3 is 1.79 bits per heavy atom. The molecule has 0 aliphatic carbocycles. The lowest BCUT2D eigenvalue weighted by Gasteiger charge is -2.45. The molecule has 0 radical (unpaired) electrons. The van der Waals surface area contributed by atoms with Gasteiger partial charge in [-0.1, -0.05) is 18.2 Å². The van der Waals surface area contributed by atoms with Gasteiger partial charge in [0.2, 0.25) is 18.9 Å². The van der Waals surface area contributed by atoms with Gasteiger partial charge in [-0.2, -0.15) is 0 Å². The molecule has 5 saturated heterocycles. The van der Waals surface area contributed by atoms with Gasteiger partial charge < -0.3 is 139 Å². The second-order valence-electron chi connectivity index (χ2n) is 17.5. The molecule has 2 aromatic carbocycles. The number of ether oxygens (including phenoxy) is 12. The molecule has 2 aromatic rings. The fourth-order valence-corrected chi connectivity index (χ4v) is 8.33.